The lowest BCUT2D eigenvalue weighted by Crippen LogP contribution is -2.28. The zero-order chi connectivity index (χ0) is 8.55. The molecule has 0 aromatic heterocycles. The zero-order valence-electron chi connectivity index (χ0n) is 7.21. The number of benzene rings is 1. The highest BCUT2D eigenvalue weighted by molar-refractivity contribution is 7.99. The first-order valence-corrected chi connectivity index (χ1v) is 5.22. The Hall–Kier alpha value is -0.470. The summed E-state index contributed by atoms with van der Waals surface area (Å²) in [5, 5.41) is 0. The Morgan fingerprint density at radius 2 is 2.33 bits per heavy atom. The van der Waals surface area contributed by atoms with E-state index in [0.29, 0.717) is 6.04 Å². The molecule has 0 spiro atoms. The Labute approximate surface area is 77.3 Å². The fourth-order valence-corrected chi connectivity index (χ4v) is 2.62. The lowest BCUT2D eigenvalue weighted by atomic mass is 10.1. The molecule has 0 fully saturated rings. The first-order valence-electron chi connectivity index (χ1n) is 4.23. The van der Waals surface area contributed by atoms with Crippen molar-refractivity contribution in [2.45, 2.75) is 24.3 Å². The van der Waals surface area contributed by atoms with Gasteiger partial charge in [0.25, 0.3) is 0 Å². The molecule has 0 radical (unpaired) electrons. The van der Waals surface area contributed by atoms with Crippen molar-refractivity contribution in [2.24, 2.45) is 5.73 Å². The fraction of sp³-hybridized carbons (Fsp3) is 0.400. The van der Waals surface area contributed by atoms with Crippen molar-refractivity contribution in [1.82, 2.24) is 0 Å². The number of thioether (sulfide) groups is 1. The van der Waals surface area contributed by atoms with E-state index in [4.69, 9.17) is 5.73 Å². The highest BCUT2D eigenvalue weighted by atomic mass is 32.2. The van der Waals surface area contributed by atoms with E-state index in [9.17, 15) is 0 Å². The largest absolute Gasteiger partial charge is 0.327 e. The Bertz CT molecular complexity index is 296. The van der Waals surface area contributed by atoms with Gasteiger partial charge < -0.3 is 5.73 Å². The van der Waals surface area contributed by atoms with E-state index in [1.807, 2.05) is 11.8 Å². The molecule has 1 unspecified atom stereocenters. The SMILES string of the molecule is Cc1ccc2c(c1)SCC(N)C2. The topological polar surface area (TPSA) is 26.0 Å². The van der Waals surface area contributed by atoms with Crippen LogP contribution in [0.1, 0.15) is 11.1 Å². The predicted octanol–water partition coefficient (Wildman–Crippen LogP) is 1.97. The predicted molar refractivity (Wildman–Crippen MR) is 53.6 cm³/mol. The van der Waals surface area contributed by atoms with Gasteiger partial charge in [-0.05, 0) is 25.0 Å². The van der Waals surface area contributed by atoms with Crippen molar-refractivity contribution in [3.63, 3.8) is 0 Å². The van der Waals surface area contributed by atoms with Gasteiger partial charge in [0.1, 0.15) is 0 Å². The molecule has 0 saturated carbocycles. The van der Waals surface area contributed by atoms with Crippen LogP contribution in [0.25, 0.3) is 0 Å². The van der Waals surface area contributed by atoms with E-state index >= 15 is 0 Å². The minimum Gasteiger partial charge on any atom is -0.327 e. The van der Waals surface area contributed by atoms with Gasteiger partial charge in [0.15, 0.2) is 0 Å². The van der Waals surface area contributed by atoms with E-state index in [0.717, 1.165) is 12.2 Å². The van der Waals surface area contributed by atoms with Crippen LogP contribution in [0.15, 0.2) is 23.1 Å². The summed E-state index contributed by atoms with van der Waals surface area (Å²) in [5.41, 5.74) is 8.63. The molecular weight excluding hydrogens is 166 g/mol. The van der Waals surface area contributed by atoms with Gasteiger partial charge in [-0.25, -0.2) is 0 Å². The highest BCUT2D eigenvalue weighted by Crippen LogP contribution is 2.29. The van der Waals surface area contributed by atoms with Crippen LogP contribution >= 0.6 is 11.8 Å². The molecule has 2 rings (SSSR count). The summed E-state index contributed by atoms with van der Waals surface area (Å²) in [4.78, 5) is 1.43. The molecule has 0 amide bonds. The quantitative estimate of drug-likeness (QED) is 0.659. The maximum atomic E-state index is 5.87. The Morgan fingerprint density at radius 1 is 1.50 bits per heavy atom. The van der Waals surface area contributed by atoms with Crippen LogP contribution in [0.5, 0.6) is 0 Å². The van der Waals surface area contributed by atoms with E-state index in [1.54, 1.807) is 0 Å². The molecule has 2 heteroatoms. The van der Waals surface area contributed by atoms with Crippen LogP contribution in [-0.4, -0.2) is 11.8 Å². The molecule has 0 bridgehead atoms. The third-order valence-electron chi connectivity index (χ3n) is 2.16. The van der Waals surface area contributed by atoms with Gasteiger partial charge in [-0.15, -0.1) is 11.8 Å². The average molecular weight is 179 g/mol. The van der Waals surface area contributed by atoms with Crippen molar-refractivity contribution < 1.29 is 0 Å². The Balaban J connectivity index is 2.37. The van der Waals surface area contributed by atoms with Gasteiger partial charge in [0.05, 0.1) is 0 Å². The monoisotopic (exact) mass is 179 g/mol. The molecule has 0 saturated heterocycles. The van der Waals surface area contributed by atoms with Crippen LogP contribution < -0.4 is 5.73 Å². The summed E-state index contributed by atoms with van der Waals surface area (Å²) >= 11 is 1.89. The summed E-state index contributed by atoms with van der Waals surface area (Å²) in [7, 11) is 0. The van der Waals surface area contributed by atoms with Crippen molar-refractivity contribution >= 4 is 11.8 Å². The lowest BCUT2D eigenvalue weighted by molar-refractivity contribution is 0.726. The molecule has 1 heterocycles. The van der Waals surface area contributed by atoms with Gasteiger partial charge in [0.2, 0.25) is 0 Å². The van der Waals surface area contributed by atoms with Crippen molar-refractivity contribution in [3.05, 3.63) is 29.3 Å². The van der Waals surface area contributed by atoms with E-state index < -0.39 is 0 Å². The van der Waals surface area contributed by atoms with Gasteiger partial charge in [-0.3, -0.25) is 0 Å². The first kappa shape index (κ1) is 8.14. The first-order chi connectivity index (χ1) is 5.75. The maximum Gasteiger partial charge on any atom is 0.0175 e. The molecular formula is C10H13NS. The standard InChI is InChI=1S/C10H13NS/c1-7-2-3-8-5-9(11)6-12-10(8)4-7/h2-4,9H,5-6,11H2,1H3. The molecule has 1 atom stereocenters. The van der Waals surface area contributed by atoms with Crippen molar-refractivity contribution in [2.75, 3.05) is 5.75 Å². The number of hydrogen-bond donors (Lipinski definition) is 1. The summed E-state index contributed by atoms with van der Waals surface area (Å²) in [6.45, 7) is 2.13. The average Bonchev–Trinajstić information content (AvgIpc) is 2.05. The molecule has 12 heavy (non-hydrogen) atoms. The third-order valence-corrected chi connectivity index (χ3v) is 3.44. The van der Waals surface area contributed by atoms with Crippen LogP contribution in [0.4, 0.5) is 0 Å². The normalized spacial score (nSPS) is 22.0. The van der Waals surface area contributed by atoms with Crippen LogP contribution in [0.2, 0.25) is 0 Å². The maximum absolute atomic E-state index is 5.87. The van der Waals surface area contributed by atoms with E-state index in [2.05, 4.69) is 25.1 Å². The van der Waals surface area contributed by atoms with Gasteiger partial charge >= 0.3 is 0 Å². The number of rotatable bonds is 0. The molecule has 0 aliphatic carbocycles. The third kappa shape index (κ3) is 1.50. The fourth-order valence-electron chi connectivity index (χ4n) is 1.50. The van der Waals surface area contributed by atoms with Gasteiger partial charge in [-0.1, -0.05) is 17.7 Å². The smallest absolute Gasteiger partial charge is 0.0175 e. The second-order valence-electron chi connectivity index (χ2n) is 3.39. The van der Waals surface area contributed by atoms with Crippen LogP contribution in [0, 0.1) is 6.92 Å². The van der Waals surface area contributed by atoms with E-state index in [1.165, 1.54) is 16.0 Å². The number of hydrogen-bond acceptors (Lipinski definition) is 2. The minimum atomic E-state index is 0.352. The number of fused-ring (bicyclic) bond motifs is 1. The van der Waals surface area contributed by atoms with Crippen molar-refractivity contribution in [1.29, 1.82) is 0 Å². The van der Waals surface area contributed by atoms with Gasteiger partial charge in [0, 0.05) is 16.7 Å². The second kappa shape index (κ2) is 3.11. The molecule has 2 N–H and O–H groups in total. The highest BCUT2D eigenvalue weighted by Gasteiger charge is 2.15. The number of nitrogens with two attached hydrogens (primary N) is 1. The molecule has 64 valence electrons. The van der Waals surface area contributed by atoms with Crippen molar-refractivity contribution in [3.8, 4) is 0 Å². The Morgan fingerprint density at radius 3 is 3.17 bits per heavy atom. The molecule has 1 nitrogen and oxygen atoms in total. The minimum absolute atomic E-state index is 0.352. The van der Waals surface area contributed by atoms with Gasteiger partial charge in [-0.2, -0.15) is 0 Å². The second-order valence-corrected chi connectivity index (χ2v) is 4.45. The summed E-state index contributed by atoms with van der Waals surface area (Å²) in [5.74, 6) is 1.07. The summed E-state index contributed by atoms with van der Waals surface area (Å²) in [6.07, 6.45) is 1.04. The molecule has 1 aliphatic rings. The molecule has 1 aliphatic heterocycles. The number of aryl methyl sites for hydroxylation is 1. The van der Waals surface area contributed by atoms with E-state index in [-0.39, 0.29) is 0 Å². The Kier molecular flexibility index (Phi) is 2.11. The van der Waals surface area contributed by atoms with Crippen LogP contribution in [0.3, 0.4) is 0 Å². The summed E-state index contributed by atoms with van der Waals surface area (Å²) < 4.78 is 0. The lowest BCUT2D eigenvalue weighted by Gasteiger charge is -2.20. The molecule has 1 aromatic carbocycles. The summed E-state index contributed by atoms with van der Waals surface area (Å²) in [6, 6.07) is 6.98. The molecule has 1 aromatic rings. The van der Waals surface area contributed by atoms with Crippen LogP contribution in [-0.2, 0) is 6.42 Å². The zero-order valence-corrected chi connectivity index (χ0v) is 8.03.